The summed E-state index contributed by atoms with van der Waals surface area (Å²) >= 11 is 3.12. The molecule has 0 aromatic carbocycles. The predicted octanol–water partition coefficient (Wildman–Crippen LogP) is 4.66. The highest BCUT2D eigenvalue weighted by Gasteiger charge is 2.19. The molecular weight excluding hydrogens is 319 g/mol. The van der Waals surface area contributed by atoms with Crippen molar-refractivity contribution in [1.82, 2.24) is 0 Å². The normalized spacial score (nSPS) is 14.6. The summed E-state index contributed by atoms with van der Waals surface area (Å²) in [6.07, 6.45) is 9.49. The van der Waals surface area contributed by atoms with Gasteiger partial charge in [0.05, 0.1) is 13.2 Å². The Hall–Kier alpha value is 0.590. The van der Waals surface area contributed by atoms with E-state index < -0.39 is 7.82 Å². The van der Waals surface area contributed by atoms with Crippen LogP contribution in [0.4, 0.5) is 0 Å². The third kappa shape index (κ3) is 13.0. The summed E-state index contributed by atoms with van der Waals surface area (Å²) in [6, 6.07) is 0. The molecule has 0 radical (unpaired) electrons. The Labute approximate surface area is 119 Å². The van der Waals surface area contributed by atoms with E-state index in [9.17, 15) is 9.46 Å². The second-order valence-corrected chi connectivity index (χ2v) is 6.55. The number of phosphoric acid groups is 1. The molecule has 0 saturated carbocycles. The van der Waals surface area contributed by atoms with Gasteiger partial charge in [-0.05, 0) is 6.42 Å². The van der Waals surface area contributed by atoms with Crippen LogP contribution < -0.4 is 0 Å². The first-order valence-corrected chi connectivity index (χ1v) is 9.42. The Morgan fingerprint density at radius 1 is 0.944 bits per heavy atom. The highest BCUT2D eigenvalue weighted by Crippen LogP contribution is 2.43. The molecule has 1 unspecified atom stereocenters. The Morgan fingerprint density at radius 2 is 1.44 bits per heavy atom. The van der Waals surface area contributed by atoms with Gasteiger partial charge in [0.2, 0.25) is 0 Å². The minimum Gasteiger partial charge on any atom is -0.302 e. The Balaban J connectivity index is 3.26. The van der Waals surface area contributed by atoms with Crippen molar-refractivity contribution in [3.05, 3.63) is 0 Å². The largest absolute Gasteiger partial charge is 0.472 e. The van der Waals surface area contributed by atoms with Crippen molar-refractivity contribution in [2.45, 2.75) is 58.3 Å². The average Bonchev–Trinajstić information content (AvgIpc) is 2.34. The minimum absolute atomic E-state index is 0.186. The molecule has 4 nitrogen and oxygen atoms in total. The molecule has 0 aliphatic heterocycles. The lowest BCUT2D eigenvalue weighted by molar-refractivity contribution is 0.154. The van der Waals surface area contributed by atoms with Gasteiger partial charge in [0, 0.05) is 5.33 Å². The molecule has 6 heteroatoms. The molecule has 0 spiro atoms. The standard InChI is InChI=1S/C12H26BrO4P/c1-2-3-4-5-6-7-8-9-11-16-18(14,15)17-12-10-13/h2-12H2,1H3,(H,14,15). The van der Waals surface area contributed by atoms with Crippen LogP contribution in [0.25, 0.3) is 0 Å². The molecule has 0 bridgehead atoms. The van der Waals surface area contributed by atoms with Crippen molar-refractivity contribution in [1.29, 1.82) is 0 Å². The van der Waals surface area contributed by atoms with Crippen LogP contribution in [0.1, 0.15) is 58.3 Å². The summed E-state index contributed by atoms with van der Waals surface area (Å²) in [7, 11) is -3.81. The molecule has 0 saturated heterocycles. The lowest BCUT2D eigenvalue weighted by Crippen LogP contribution is -1.99. The molecular formula is C12H26BrO4P. The average molecular weight is 345 g/mol. The van der Waals surface area contributed by atoms with E-state index in [1.807, 2.05) is 0 Å². The molecule has 18 heavy (non-hydrogen) atoms. The molecule has 0 aliphatic rings. The van der Waals surface area contributed by atoms with Crippen LogP contribution in [-0.4, -0.2) is 23.4 Å². The van der Waals surface area contributed by atoms with Crippen molar-refractivity contribution in [3.63, 3.8) is 0 Å². The van der Waals surface area contributed by atoms with Crippen LogP contribution >= 0.6 is 23.8 Å². The smallest absolute Gasteiger partial charge is 0.302 e. The summed E-state index contributed by atoms with van der Waals surface area (Å²) in [6.45, 7) is 2.69. The first-order chi connectivity index (χ1) is 8.62. The maximum atomic E-state index is 11.3. The van der Waals surface area contributed by atoms with E-state index in [1.165, 1.54) is 38.5 Å². The Bertz CT molecular complexity index is 226. The zero-order valence-electron chi connectivity index (χ0n) is 11.3. The van der Waals surface area contributed by atoms with Gasteiger partial charge in [0.1, 0.15) is 0 Å². The van der Waals surface area contributed by atoms with Crippen molar-refractivity contribution in [2.75, 3.05) is 18.5 Å². The van der Waals surface area contributed by atoms with Crippen LogP contribution in [-0.2, 0) is 13.6 Å². The fourth-order valence-corrected chi connectivity index (χ4v) is 2.77. The second kappa shape index (κ2) is 12.6. The molecule has 0 heterocycles. The van der Waals surface area contributed by atoms with Crippen LogP contribution in [0.15, 0.2) is 0 Å². The van der Waals surface area contributed by atoms with Crippen molar-refractivity contribution in [3.8, 4) is 0 Å². The maximum Gasteiger partial charge on any atom is 0.472 e. The topological polar surface area (TPSA) is 55.8 Å². The van der Waals surface area contributed by atoms with Gasteiger partial charge in [-0.25, -0.2) is 4.57 Å². The fraction of sp³-hybridized carbons (Fsp3) is 1.00. The van der Waals surface area contributed by atoms with E-state index in [0.717, 1.165) is 12.8 Å². The number of halogens is 1. The molecule has 0 fully saturated rings. The molecule has 0 aromatic heterocycles. The number of alkyl halides is 1. The van der Waals surface area contributed by atoms with E-state index >= 15 is 0 Å². The minimum atomic E-state index is -3.81. The van der Waals surface area contributed by atoms with E-state index in [4.69, 9.17) is 9.05 Å². The lowest BCUT2D eigenvalue weighted by atomic mass is 10.1. The van der Waals surface area contributed by atoms with Crippen LogP contribution in [0.2, 0.25) is 0 Å². The number of hydrogen-bond acceptors (Lipinski definition) is 3. The van der Waals surface area contributed by atoms with Crippen molar-refractivity contribution >= 4 is 23.8 Å². The number of unbranched alkanes of at least 4 members (excludes halogenated alkanes) is 7. The van der Waals surface area contributed by atoms with Gasteiger partial charge in [-0.1, -0.05) is 67.8 Å². The Kier molecular flexibility index (Phi) is 13.0. The summed E-state index contributed by atoms with van der Waals surface area (Å²) in [4.78, 5) is 9.24. The number of hydrogen-bond donors (Lipinski definition) is 1. The molecule has 0 amide bonds. The van der Waals surface area contributed by atoms with Crippen molar-refractivity contribution in [2.24, 2.45) is 0 Å². The van der Waals surface area contributed by atoms with Gasteiger partial charge in [-0.3, -0.25) is 9.05 Å². The predicted molar refractivity (Wildman–Crippen MR) is 78.1 cm³/mol. The SMILES string of the molecule is CCCCCCCCCCOP(=O)(O)OCCBr. The fourth-order valence-electron chi connectivity index (χ4n) is 1.60. The van der Waals surface area contributed by atoms with E-state index in [2.05, 4.69) is 22.9 Å². The third-order valence-corrected chi connectivity index (χ3v) is 3.93. The zero-order valence-corrected chi connectivity index (χ0v) is 13.8. The number of phosphoric ester groups is 1. The van der Waals surface area contributed by atoms with E-state index in [1.54, 1.807) is 0 Å². The summed E-state index contributed by atoms with van der Waals surface area (Å²) < 4.78 is 20.8. The summed E-state index contributed by atoms with van der Waals surface area (Å²) in [5.74, 6) is 0. The molecule has 0 aliphatic carbocycles. The third-order valence-electron chi connectivity index (χ3n) is 2.58. The summed E-state index contributed by atoms with van der Waals surface area (Å²) in [5.41, 5.74) is 0. The molecule has 0 rings (SSSR count). The van der Waals surface area contributed by atoms with Crippen molar-refractivity contribution < 1.29 is 18.5 Å². The first kappa shape index (κ1) is 18.6. The molecule has 1 atom stereocenters. The van der Waals surface area contributed by atoms with Gasteiger partial charge < -0.3 is 4.89 Å². The maximum absolute atomic E-state index is 11.3. The zero-order chi connectivity index (χ0) is 13.7. The molecule has 1 N–H and O–H groups in total. The first-order valence-electron chi connectivity index (χ1n) is 6.80. The Morgan fingerprint density at radius 3 is 2.00 bits per heavy atom. The van der Waals surface area contributed by atoms with Crippen LogP contribution in [0, 0.1) is 0 Å². The van der Waals surface area contributed by atoms with Crippen LogP contribution in [0.5, 0.6) is 0 Å². The molecule has 0 aromatic rings. The van der Waals surface area contributed by atoms with E-state index in [-0.39, 0.29) is 6.61 Å². The van der Waals surface area contributed by atoms with Gasteiger partial charge in [-0.2, -0.15) is 0 Å². The highest BCUT2D eigenvalue weighted by atomic mass is 79.9. The van der Waals surface area contributed by atoms with Crippen LogP contribution in [0.3, 0.4) is 0 Å². The quantitative estimate of drug-likeness (QED) is 0.300. The number of rotatable bonds is 13. The van der Waals surface area contributed by atoms with Gasteiger partial charge in [0.15, 0.2) is 0 Å². The molecule has 110 valence electrons. The lowest BCUT2D eigenvalue weighted by Gasteiger charge is -2.10. The van der Waals surface area contributed by atoms with Gasteiger partial charge >= 0.3 is 7.82 Å². The summed E-state index contributed by atoms with van der Waals surface area (Å²) in [5, 5.41) is 0.526. The second-order valence-electron chi connectivity index (χ2n) is 4.30. The highest BCUT2D eigenvalue weighted by molar-refractivity contribution is 9.09. The van der Waals surface area contributed by atoms with Gasteiger partial charge in [-0.15, -0.1) is 0 Å². The van der Waals surface area contributed by atoms with E-state index in [0.29, 0.717) is 11.9 Å². The van der Waals surface area contributed by atoms with Gasteiger partial charge in [0.25, 0.3) is 0 Å². The monoisotopic (exact) mass is 344 g/mol.